The van der Waals surface area contributed by atoms with Crippen molar-refractivity contribution in [1.29, 1.82) is 0 Å². The second-order valence-corrected chi connectivity index (χ2v) is 5.89. The zero-order chi connectivity index (χ0) is 14.5. The summed E-state index contributed by atoms with van der Waals surface area (Å²) < 4.78 is 10.0. The molecule has 0 aliphatic rings. The Hall–Kier alpha value is -1.60. The van der Waals surface area contributed by atoms with Gasteiger partial charge in [0.05, 0.1) is 17.1 Å². The second kappa shape index (κ2) is 6.71. The van der Waals surface area contributed by atoms with Crippen molar-refractivity contribution in [2.45, 2.75) is 29.5 Å². The summed E-state index contributed by atoms with van der Waals surface area (Å²) in [4.78, 5) is 17.0. The Kier molecular flexibility index (Phi) is 4.97. The van der Waals surface area contributed by atoms with Crippen LogP contribution < -0.4 is 5.73 Å². The Morgan fingerprint density at radius 3 is 2.90 bits per heavy atom. The van der Waals surface area contributed by atoms with E-state index in [2.05, 4.69) is 9.36 Å². The summed E-state index contributed by atoms with van der Waals surface area (Å²) in [7, 11) is 0. The standard InChI is InChI=1S/C13H15N3O2S2/c1-3-10-15-13(20-16-10)19-11-8(12(17)18-4-2)6-5-7-9(11)14/h5-7H,3-4,14H2,1-2H3. The highest BCUT2D eigenvalue weighted by Gasteiger charge is 2.17. The number of nitrogens with zero attached hydrogens (tertiary/aromatic N) is 2. The van der Waals surface area contributed by atoms with Gasteiger partial charge in [-0.15, -0.1) is 0 Å². The van der Waals surface area contributed by atoms with Crippen molar-refractivity contribution in [3.05, 3.63) is 29.6 Å². The smallest absolute Gasteiger partial charge is 0.339 e. The predicted octanol–water partition coefficient (Wildman–Crippen LogP) is 3.01. The molecule has 0 saturated carbocycles. The molecule has 20 heavy (non-hydrogen) atoms. The molecule has 0 saturated heterocycles. The van der Waals surface area contributed by atoms with Crippen molar-refractivity contribution in [3.8, 4) is 0 Å². The minimum absolute atomic E-state index is 0.330. The first-order valence-corrected chi connectivity index (χ1v) is 7.80. The highest BCUT2D eigenvalue weighted by molar-refractivity contribution is 8.01. The maximum atomic E-state index is 11.9. The first-order chi connectivity index (χ1) is 9.65. The molecule has 0 amide bonds. The van der Waals surface area contributed by atoms with Crippen LogP contribution in [-0.4, -0.2) is 21.9 Å². The fourth-order valence-electron chi connectivity index (χ4n) is 1.55. The van der Waals surface area contributed by atoms with Gasteiger partial charge in [0, 0.05) is 12.1 Å². The van der Waals surface area contributed by atoms with Gasteiger partial charge in [0.25, 0.3) is 0 Å². The monoisotopic (exact) mass is 309 g/mol. The van der Waals surface area contributed by atoms with E-state index in [9.17, 15) is 4.79 Å². The maximum Gasteiger partial charge on any atom is 0.339 e. The molecule has 1 aromatic heterocycles. The average molecular weight is 309 g/mol. The molecule has 1 heterocycles. The zero-order valence-electron chi connectivity index (χ0n) is 11.3. The third-order valence-corrected chi connectivity index (χ3v) is 4.44. The van der Waals surface area contributed by atoms with Gasteiger partial charge in [-0.05, 0) is 30.6 Å². The van der Waals surface area contributed by atoms with Crippen molar-refractivity contribution in [2.75, 3.05) is 12.3 Å². The molecule has 5 nitrogen and oxygen atoms in total. The van der Waals surface area contributed by atoms with Crippen molar-refractivity contribution >= 4 is 35.0 Å². The number of hydrogen-bond donors (Lipinski definition) is 1. The normalized spacial score (nSPS) is 10.5. The number of nitrogen functional groups attached to an aromatic ring is 1. The molecular weight excluding hydrogens is 294 g/mol. The largest absolute Gasteiger partial charge is 0.462 e. The van der Waals surface area contributed by atoms with Gasteiger partial charge in [-0.1, -0.05) is 24.8 Å². The number of benzene rings is 1. The van der Waals surface area contributed by atoms with Gasteiger partial charge < -0.3 is 10.5 Å². The number of carbonyl (C=O) groups excluding carboxylic acids is 1. The van der Waals surface area contributed by atoms with Crippen LogP contribution in [0.5, 0.6) is 0 Å². The molecule has 0 aliphatic heterocycles. The average Bonchev–Trinajstić information content (AvgIpc) is 2.89. The summed E-state index contributed by atoms with van der Waals surface area (Å²) in [6, 6.07) is 5.20. The third kappa shape index (κ3) is 3.29. The Bertz CT molecular complexity index is 613. The zero-order valence-corrected chi connectivity index (χ0v) is 12.9. The molecule has 0 unspecified atom stereocenters. The molecule has 0 atom stereocenters. The summed E-state index contributed by atoms with van der Waals surface area (Å²) in [5.41, 5.74) is 6.97. The minimum atomic E-state index is -0.373. The van der Waals surface area contributed by atoms with Gasteiger partial charge in [-0.2, -0.15) is 4.37 Å². The molecule has 0 fully saturated rings. The lowest BCUT2D eigenvalue weighted by Crippen LogP contribution is -2.07. The van der Waals surface area contributed by atoms with Gasteiger partial charge in [-0.3, -0.25) is 0 Å². The van der Waals surface area contributed by atoms with Crippen LogP contribution in [0.25, 0.3) is 0 Å². The molecule has 7 heteroatoms. The summed E-state index contributed by atoms with van der Waals surface area (Å²) in [5, 5.41) is 0. The molecule has 0 aliphatic carbocycles. The van der Waals surface area contributed by atoms with E-state index in [4.69, 9.17) is 10.5 Å². The maximum absolute atomic E-state index is 11.9. The molecule has 0 spiro atoms. The van der Waals surface area contributed by atoms with Gasteiger partial charge >= 0.3 is 5.97 Å². The molecule has 2 rings (SSSR count). The first kappa shape index (κ1) is 14.8. The SMILES string of the molecule is CCOC(=O)c1cccc(N)c1Sc1nc(CC)ns1. The molecule has 106 valence electrons. The fourth-order valence-corrected chi connectivity index (χ4v) is 3.33. The third-order valence-electron chi connectivity index (χ3n) is 2.50. The molecule has 0 radical (unpaired) electrons. The van der Waals surface area contributed by atoms with Gasteiger partial charge in [-0.25, -0.2) is 9.78 Å². The summed E-state index contributed by atoms with van der Waals surface area (Å²) in [6.45, 7) is 4.10. The molecule has 2 N–H and O–H groups in total. The van der Waals surface area contributed by atoms with Crippen molar-refractivity contribution in [3.63, 3.8) is 0 Å². The second-order valence-electron chi connectivity index (χ2n) is 3.88. The number of carbonyl (C=O) groups is 1. The molecule has 0 bridgehead atoms. The van der Waals surface area contributed by atoms with E-state index in [1.165, 1.54) is 23.3 Å². The Morgan fingerprint density at radius 1 is 1.45 bits per heavy atom. The summed E-state index contributed by atoms with van der Waals surface area (Å²) in [5.74, 6) is 0.423. The number of rotatable bonds is 5. The van der Waals surface area contributed by atoms with E-state index in [0.29, 0.717) is 22.8 Å². The van der Waals surface area contributed by atoms with E-state index in [-0.39, 0.29) is 5.97 Å². The molecular formula is C13H15N3O2S2. The lowest BCUT2D eigenvalue weighted by molar-refractivity contribution is 0.0522. The van der Waals surface area contributed by atoms with Gasteiger partial charge in [0.15, 0.2) is 4.34 Å². The van der Waals surface area contributed by atoms with Gasteiger partial charge in [0.1, 0.15) is 5.82 Å². The van der Waals surface area contributed by atoms with E-state index in [1.54, 1.807) is 25.1 Å². The first-order valence-electron chi connectivity index (χ1n) is 6.21. The van der Waals surface area contributed by atoms with Crippen LogP contribution in [0.15, 0.2) is 27.4 Å². The number of ether oxygens (including phenoxy) is 1. The van der Waals surface area contributed by atoms with Crippen LogP contribution in [0.3, 0.4) is 0 Å². The van der Waals surface area contributed by atoms with Crippen molar-refractivity contribution in [2.24, 2.45) is 0 Å². The Labute approximate surface area is 125 Å². The van der Waals surface area contributed by atoms with E-state index in [1.807, 2.05) is 6.92 Å². The van der Waals surface area contributed by atoms with Crippen molar-refractivity contribution in [1.82, 2.24) is 9.36 Å². The van der Waals surface area contributed by atoms with Crippen molar-refractivity contribution < 1.29 is 9.53 Å². The van der Waals surface area contributed by atoms with Crippen LogP contribution >= 0.6 is 23.3 Å². The number of anilines is 1. The lowest BCUT2D eigenvalue weighted by Gasteiger charge is -2.09. The van der Waals surface area contributed by atoms with E-state index >= 15 is 0 Å². The summed E-state index contributed by atoms with van der Waals surface area (Å²) in [6.07, 6.45) is 0.784. The number of esters is 1. The highest BCUT2D eigenvalue weighted by atomic mass is 32.2. The van der Waals surface area contributed by atoms with Crippen LogP contribution in [0.4, 0.5) is 5.69 Å². The highest BCUT2D eigenvalue weighted by Crippen LogP contribution is 2.36. The quantitative estimate of drug-likeness (QED) is 0.675. The van der Waals surface area contributed by atoms with Crippen LogP contribution in [0.2, 0.25) is 0 Å². The van der Waals surface area contributed by atoms with Crippen LogP contribution in [0.1, 0.15) is 30.0 Å². The molecule has 2 aromatic rings. The summed E-state index contributed by atoms with van der Waals surface area (Å²) >= 11 is 2.66. The minimum Gasteiger partial charge on any atom is -0.462 e. The molecule has 1 aromatic carbocycles. The number of hydrogen-bond acceptors (Lipinski definition) is 7. The number of nitrogens with two attached hydrogens (primary N) is 1. The topological polar surface area (TPSA) is 78.1 Å². The fraction of sp³-hybridized carbons (Fsp3) is 0.308. The Balaban J connectivity index is 2.32. The van der Waals surface area contributed by atoms with E-state index < -0.39 is 0 Å². The van der Waals surface area contributed by atoms with Crippen LogP contribution in [0, 0.1) is 0 Å². The van der Waals surface area contributed by atoms with Crippen LogP contribution in [-0.2, 0) is 11.2 Å². The predicted molar refractivity (Wildman–Crippen MR) is 80.2 cm³/mol. The number of aryl methyl sites for hydroxylation is 1. The number of aromatic nitrogens is 2. The van der Waals surface area contributed by atoms with E-state index in [0.717, 1.165) is 16.6 Å². The van der Waals surface area contributed by atoms with Gasteiger partial charge in [0.2, 0.25) is 0 Å². The Morgan fingerprint density at radius 2 is 2.25 bits per heavy atom. The lowest BCUT2D eigenvalue weighted by atomic mass is 10.2.